The molecule has 2 amide bonds. The number of allylic oxidation sites excluding steroid dienone is 5. The van der Waals surface area contributed by atoms with Gasteiger partial charge in [0.05, 0.1) is 11.2 Å². The van der Waals surface area contributed by atoms with Crippen molar-refractivity contribution in [1.82, 2.24) is 9.47 Å². The first-order valence-electron chi connectivity index (χ1n) is 12.5. The number of nitrogens with zero attached hydrogens (tertiary/aromatic N) is 3. The molecule has 1 aromatic carbocycles. The minimum atomic E-state index is -0.821. The molecule has 1 unspecified atom stereocenters. The third-order valence-corrected chi connectivity index (χ3v) is 5.88. The van der Waals surface area contributed by atoms with Crippen LogP contribution in [0.15, 0.2) is 54.3 Å². The van der Waals surface area contributed by atoms with Crippen molar-refractivity contribution in [3.63, 3.8) is 0 Å². The lowest BCUT2D eigenvalue weighted by atomic mass is 9.90. The molecule has 0 N–H and O–H groups in total. The summed E-state index contributed by atoms with van der Waals surface area (Å²) >= 11 is 0. The molecule has 0 bridgehead atoms. The Balaban J connectivity index is 0.00000298. The van der Waals surface area contributed by atoms with Gasteiger partial charge in [-0.25, -0.2) is 0 Å². The van der Waals surface area contributed by atoms with Crippen LogP contribution in [0.25, 0.3) is 16.5 Å². The molecule has 0 saturated carbocycles. The molecule has 1 aromatic heterocycles. The molecule has 1 heterocycles. The summed E-state index contributed by atoms with van der Waals surface area (Å²) in [5.74, 6) is -0.658. The maximum atomic E-state index is 12.8. The average Bonchev–Trinajstić information content (AvgIpc) is 3.17. The van der Waals surface area contributed by atoms with Crippen LogP contribution < -0.4 is 0 Å². The largest absolute Gasteiger partial charge is 0.347 e. The van der Waals surface area contributed by atoms with Crippen LogP contribution in [0.4, 0.5) is 0 Å². The number of carbonyl (C=O) groups excluding carboxylic acids is 2. The van der Waals surface area contributed by atoms with E-state index >= 15 is 0 Å². The summed E-state index contributed by atoms with van der Waals surface area (Å²) in [7, 11) is 3.44. The summed E-state index contributed by atoms with van der Waals surface area (Å²) in [5.41, 5.74) is 3.97. The highest BCUT2D eigenvalue weighted by Gasteiger charge is 2.25. The Hall–Kier alpha value is -3.28. The van der Waals surface area contributed by atoms with Crippen LogP contribution in [0, 0.1) is 4.91 Å². The number of hydrogen-bond acceptors (Lipinski definition) is 3. The molecule has 190 valence electrons. The predicted octanol–water partition coefficient (Wildman–Crippen LogP) is 7.49. The van der Waals surface area contributed by atoms with Gasteiger partial charge >= 0.3 is 5.91 Å². The molecule has 6 nitrogen and oxygen atoms in total. The number of likely N-dealkylation sites (N-methyl/N-ethyl adjacent to an activating group) is 1. The first kappa shape index (κ1) is 29.8. The van der Waals surface area contributed by atoms with Gasteiger partial charge in [0.2, 0.25) is 5.91 Å². The fraction of sp³-hybridized carbons (Fsp3) is 0.448. The topological polar surface area (TPSA) is 71.7 Å². The molecule has 0 aliphatic carbocycles. The Morgan fingerprint density at radius 1 is 1.20 bits per heavy atom. The van der Waals surface area contributed by atoms with Crippen molar-refractivity contribution in [2.45, 2.75) is 72.8 Å². The van der Waals surface area contributed by atoms with Gasteiger partial charge in [-0.2, -0.15) is 0 Å². The second-order valence-corrected chi connectivity index (χ2v) is 8.52. The molecule has 0 aliphatic heterocycles. The van der Waals surface area contributed by atoms with Gasteiger partial charge in [-0.1, -0.05) is 83.9 Å². The smallest absolute Gasteiger partial charge is 0.316 e. The van der Waals surface area contributed by atoms with Crippen molar-refractivity contribution in [3.8, 4) is 0 Å². The van der Waals surface area contributed by atoms with Gasteiger partial charge in [0.15, 0.2) is 0 Å². The van der Waals surface area contributed by atoms with Crippen molar-refractivity contribution < 1.29 is 9.59 Å². The Kier molecular flexibility index (Phi) is 12.6. The van der Waals surface area contributed by atoms with Gasteiger partial charge in [-0.05, 0) is 42.5 Å². The van der Waals surface area contributed by atoms with E-state index < -0.39 is 5.91 Å². The van der Waals surface area contributed by atoms with Crippen molar-refractivity contribution in [2.24, 2.45) is 5.18 Å². The zero-order valence-corrected chi connectivity index (χ0v) is 22.4. The van der Waals surface area contributed by atoms with E-state index in [9.17, 15) is 14.5 Å². The molecule has 1 atom stereocenters. The van der Waals surface area contributed by atoms with Gasteiger partial charge in [0.25, 0.3) is 0 Å². The van der Waals surface area contributed by atoms with E-state index in [4.69, 9.17) is 0 Å². The number of fused-ring (bicyclic) bond motifs is 1. The summed E-state index contributed by atoms with van der Waals surface area (Å²) in [6.07, 6.45) is 12.1. The van der Waals surface area contributed by atoms with Crippen LogP contribution in [-0.2, 0) is 11.3 Å². The standard InChI is InChI=1S/C27H35N3O3.C2H6/c1-7-10-11-14-19(4)25-22-16-15-21(27(32)28-33)17-23(22)30(18-24(31)29(5)6)26(25)20(12-8-2)13-9-3;1-2/h8-9,12-13,15-17,19H,2,7,10-11,14,18H2,1,3-6H3;1-2H3/b13-9-,20-12+;. The highest BCUT2D eigenvalue weighted by molar-refractivity contribution is 6.01. The SMILES string of the molecule is C=C/C=C(\C=C/C)c1c(C(C)CCCCC)c2ccc(C(=O)N=O)cc2n1CC(=O)N(C)C.CC. The molecule has 35 heavy (non-hydrogen) atoms. The lowest BCUT2D eigenvalue weighted by Gasteiger charge is -2.18. The highest BCUT2D eigenvalue weighted by Crippen LogP contribution is 2.39. The summed E-state index contributed by atoms with van der Waals surface area (Å²) in [4.78, 5) is 37.3. The van der Waals surface area contributed by atoms with Gasteiger partial charge in [-0.3, -0.25) is 9.59 Å². The molecule has 0 spiro atoms. The minimum Gasteiger partial charge on any atom is -0.347 e. The van der Waals surface area contributed by atoms with Crippen LogP contribution in [0.3, 0.4) is 0 Å². The molecular formula is C29H41N3O3. The monoisotopic (exact) mass is 479 g/mol. The maximum absolute atomic E-state index is 12.8. The molecule has 2 rings (SSSR count). The summed E-state index contributed by atoms with van der Waals surface area (Å²) in [5, 5.41) is 3.56. The van der Waals surface area contributed by atoms with Crippen LogP contribution in [0.5, 0.6) is 0 Å². The number of benzene rings is 1. The zero-order valence-electron chi connectivity index (χ0n) is 22.4. The second kappa shape index (κ2) is 14.9. The number of aromatic nitrogens is 1. The first-order chi connectivity index (χ1) is 16.8. The fourth-order valence-electron chi connectivity index (χ4n) is 4.18. The molecular weight excluding hydrogens is 438 g/mol. The van der Waals surface area contributed by atoms with E-state index in [1.165, 1.54) is 0 Å². The zero-order chi connectivity index (χ0) is 26.5. The normalized spacial score (nSPS) is 12.3. The molecule has 2 aromatic rings. The van der Waals surface area contributed by atoms with Crippen LogP contribution in [0.1, 0.15) is 87.8 Å². The molecule has 6 heteroatoms. The Morgan fingerprint density at radius 3 is 2.43 bits per heavy atom. The number of hydrogen-bond donors (Lipinski definition) is 0. The van der Waals surface area contributed by atoms with E-state index in [-0.39, 0.29) is 23.9 Å². The van der Waals surface area contributed by atoms with Gasteiger partial charge in [0, 0.05) is 30.2 Å². The maximum Gasteiger partial charge on any atom is 0.316 e. The molecule has 0 radical (unpaired) electrons. The Morgan fingerprint density at radius 2 is 1.89 bits per heavy atom. The van der Waals surface area contributed by atoms with Gasteiger partial charge in [0.1, 0.15) is 6.54 Å². The lowest BCUT2D eigenvalue weighted by Crippen LogP contribution is -2.27. The molecule has 0 fully saturated rings. The number of carbonyl (C=O) groups is 2. The van der Waals surface area contributed by atoms with Crippen molar-refractivity contribution in [1.29, 1.82) is 0 Å². The number of amides is 2. The van der Waals surface area contributed by atoms with E-state index in [0.29, 0.717) is 0 Å². The number of nitroso groups, excluding NO2 is 1. The van der Waals surface area contributed by atoms with E-state index in [1.54, 1.807) is 37.2 Å². The molecule has 0 saturated heterocycles. The minimum absolute atomic E-state index is 0.0676. The summed E-state index contributed by atoms with van der Waals surface area (Å²) in [6.45, 7) is 14.3. The summed E-state index contributed by atoms with van der Waals surface area (Å²) < 4.78 is 1.96. The van der Waals surface area contributed by atoms with Gasteiger partial charge < -0.3 is 9.47 Å². The third kappa shape index (κ3) is 7.35. The van der Waals surface area contributed by atoms with Crippen LogP contribution in [-0.4, -0.2) is 35.4 Å². The predicted molar refractivity (Wildman–Crippen MR) is 148 cm³/mol. The van der Waals surface area contributed by atoms with Crippen molar-refractivity contribution in [2.75, 3.05) is 14.1 Å². The van der Waals surface area contributed by atoms with E-state index in [0.717, 1.165) is 53.4 Å². The third-order valence-electron chi connectivity index (χ3n) is 5.88. The van der Waals surface area contributed by atoms with E-state index in [2.05, 4.69) is 25.6 Å². The van der Waals surface area contributed by atoms with Gasteiger partial charge in [-0.15, -0.1) is 4.91 Å². The number of rotatable bonds is 11. The lowest BCUT2D eigenvalue weighted by molar-refractivity contribution is -0.129. The average molecular weight is 480 g/mol. The Labute approximate surface area is 210 Å². The van der Waals surface area contributed by atoms with E-state index in [1.807, 2.05) is 49.6 Å². The second-order valence-electron chi connectivity index (χ2n) is 8.52. The quantitative estimate of drug-likeness (QED) is 0.190. The van der Waals surface area contributed by atoms with Crippen LogP contribution in [0.2, 0.25) is 0 Å². The summed E-state index contributed by atoms with van der Waals surface area (Å²) in [6, 6.07) is 5.19. The highest BCUT2D eigenvalue weighted by atomic mass is 16.3. The number of unbranched alkanes of at least 4 members (excludes halogenated alkanes) is 2. The first-order valence-corrected chi connectivity index (χ1v) is 12.5. The van der Waals surface area contributed by atoms with Crippen LogP contribution >= 0.6 is 0 Å². The van der Waals surface area contributed by atoms with Crippen molar-refractivity contribution in [3.05, 3.63) is 70.8 Å². The molecule has 0 aliphatic rings. The van der Waals surface area contributed by atoms with Crippen molar-refractivity contribution >= 4 is 28.3 Å². The Bertz CT molecular complexity index is 1090. The fourth-order valence-corrected chi connectivity index (χ4v) is 4.18.